The van der Waals surface area contributed by atoms with Crippen molar-refractivity contribution in [1.82, 2.24) is 9.97 Å². The number of methoxy groups -OCH3 is 1. The number of imidazole rings is 1. The number of anilines is 2. The van der Waals surface area contributed by atoms with Gasteiger partial charge in [-0.15, -0.1) is 0 Å². The van der Waals surface area contributed by atoms with Crippen LogP contribution in [0, 0.1) is 5.82 Å². The Hall–Kier alpha value is -2.61. The number of aromatic amines is 1. The topological polar surface area (TPSA) is 70.7 Å². The van der Waals surface area contributed by atoms with Crippen molar-refractivity contribution in [2.75, 3.05) is 43.2 Å². The molecule has 0 saturated heterocycles. The van der Waals surface area contributed by atoms with Crippen LogP contribution in [0.3, 0.4) is 0 Å². The van der Waals surface area contributed by atoms with Gasteiger partial charge in [0, 0.05) is 31.6 Å². The van der Waals surface area contributed by atoms with Gasteiger partial charge in [0.1, 0.15) is 13.2 Å². The van der Waals surface area contributed by atoms with Crippen molar-refractivity contribution >= 4 is 17.3 Å². The van der Waals surface area contributed by atoms with Crippen molar-refractivity contribution in [3.8, 4) is 5.75 Å². The van der Waals surface area contributed by atoms with Gasteiger partial charge in [0.2, 0.25) is 0 Å². The first-order valence-corrected chi connectivity index (χ1v) is 8.11. The van der Waals surface area contributed by atoms with Crippen LogP contribution in [0.15, 0.2) is 24.7 Å². The number of carbonyl (C=O) groups excluding carboxylic acids is 1. The van der Waals surface area contributed by atoms with E-state index in [4.69, 9.17) is 9.47 Å². The number of aromatic nitrogens is 2. The molecule has 2 heterocycles. The maximum absolute atomic E-state index is 14.6. The molecule has 0 spiro atoms. The average Bonchev–Trinajstić information content (AvgIpc) is 3.10. The van der Waals surface area contributed by atoms with Crippen LogP contribution in [0.25, 0.3) is 0 Å². The van der Waals surface area contributed by atoms with E-state index in [-0.39, 0.29) is 18.3 Å². The second kappa shape index (κ2) is 7.52. The van der Waals surface area contributed by atoms with Crippen molar-refractivity contribution in [1.29, 1.82) is 0 Å². The van der Waals surface area contributed by atoms with Gasteiger partial charge in [-0.25, -0.2) is 9.37 Å². The molecule has 134 valence electrons. The number of ether oxygens (including phenoxy) is 2. The molecule has 2 aromatic rings. The van der Waals surface area contributed by atoms with Crippen LogP contribution in [0.2, 0.25) is 0 Å². The number of H-pyrrole nitrogens is 1. The number of nitrogens with zero attached hydrogens (tertiary/aromatic N) is 3. The van der Waals surface area contributed by atoms with Crippen molar-refractivity contribution in [2.24, 2.45) is 0 Å². The predicted molar refractivity (Wildman–Crippen MR) is 91.4 cm³/mol. The summed E-state index contributed by atoms with van der Waals surface area (Å²) in [6.07, 6.45) is 3.34. The van der Waals surface area contributed by atoms with Gasteiger partial charge in [-0.05, 0) is 13.0 Å². The summed E-state index contributed by atoms with van der Waals surface area (Å²) in [7, 11) is 1.46. The molecule has 8 heteroatoms. The zero-order valence-electron chi connectivity index (χ0n) is 14.3. The number of carbonyl (C=O) groups is 1. The summed E-state index contributed by atoms with van der Waals surface area (Å²) < 4.78 is 25.0. The van der Waals surface area contributed by atoms with Gasteiger partial charge in [-0.3, -0.25) is 4.79 Å². The molecule has 0 fully saturated rings. The fraction of sp³-hybridized carbons (Fsp3) is 0.412. The monoisotopic (exact) mass is 348 g/mol. The highest BCUT2D eigenvalue weighted by Crippen LogP contribution is 2.38. The first kappa shape index (κ1) is 17.2. The molecule has 0 radical (unpaired) electrons. The number of nitrogens with one attached hydrogen (secondary N) is 1. The summed E-state index contributed by atoms with van der Waals surface area (Å²) in [5.74, 6) is -0.489. The Labute approximate surface area is 145 Å². The molecule has 1 aliphatic heterocycles. The average molecular weight is 348 g/mol. The lowest BCUT2D eigenvalue weighted by Gasteiger charge is -2.32. The Kier molecular flexibility index (Phi) is 5.18. The molecule has 1 amide bonds. The van der Waals surface area contributed by atoms with E-state index >= 15 is 0 Å². The molecule has 0 aliphatic carbocycles. The van der Waals surface area contributed by atoms with Gasteiger partial charge in [-0.1, -0.05) is 0 Å². The van der Waals surface area contributed by atoms with Gasteiger partial charge in [0.25, 0.3) is 5.91 Å². The van der Waals surface area contributed by atoms with E-state index in [0.29, 0.717) is 37.6 Å². The van der Waals surface area contributed by atoms with Crippen molar-refractivity contribution in [3.63, 3.8) is 0 Å². The quantitative estimate of drug-likeness (QED) is 0.864. The smallest absolute Gasteiger partial charge is 0.252 e. The minimum Gasteiger partial charge on any atom is -0.486 e. The van der Waals surface area contributed by atoms with Crippen LogP contribution in [0.4, 0.5) is 15.8 Å². The van der Waals surface area contributed by atoms with E-state index < -0.39 is 5.82 Å². The van der Waals surface area contributed by atoms with E-state index in [0.717, 1.165) is 5.69 Å². The second-order valence-corrected chi connectivity index (χ2v) is 5.69. The zero-order chi connectivity index (χ0) is 17.8. The van der Waals surface area contributed by atoms with Crippen LogP contribution in [-0.4, -0.2) is 49.3 Å². The van der Waals surface area contributed by atoms with Gasteiger partial charge in [-0.2, -0.15) is 0 Å². The SMILES string of the molecule is CCN(C(=O)COC)c1cc(F)c2c(c1)N(Cc1cnc[nH]1)CCO2. The standard InChI is InChI=1S/C17H21FN4O3/c1-3-22(16(23)10-24-2)13-6-14(18)17-15(7-13)21(4-5-25-17)9-12-8-19-11-20-12/h6-8,11H,3-5,9-10H2,1-2H3,(H,19,20). The first-order chi connectivity index (χ1) is 12.1. The molecule has 1 aromatic heterocycles. The lowest BCUT2D eigenvalue weighted by Crippen LogP contribution is -2.35. The van der Waals surface area contributed by atoms with Crippen LogP contribution in [0.1, 0.15) is 12.6 Å². The Morgan fingerprint density at radius 1 is 1.52 bits per heavy atom. The number of halogens is 1. The highest BCUT2D eigenvalue weighted by molar-refractivity contribution is 5.95. The van der Waals surface area contributed by atoms with E-state index in [1.165, 1.54) is 18.1 Å². The van der Waals surface area contributed by atoms with Gasteiger partial charge in [0.05, 0.1) is 30.8 Å². The number of rotatable bonds is 6. The van der Waals surface area contributed by atoms with Crippen LogP contribution in [0.5, 0.6) is 5.75 Å². The van der Waals surface area contributed by atoms with Crippen molar-refractivity contribution < 1.29 is 18.7 Å². The number of hydrogen-bond acceptors (Lipinski definition) is 5. The van der Waals surface area contributed by atoms with E-state index in [1.807, 2.05) is 11.8 Å². The number of hydrogen-bond donors (Lipinski definition) is 1. The highest BCUT2D eigenvalue weighted by atomic mass is 19.1. The largest absolute Gasteiger partial charge is 0.486 e. The van der Waals surface area contributed by atoms with E-state index in [9.17, 15) is 9.18 Å². The van der Waals surface area contributed by atoms with E-state index in [1.54, 1.807) is 18.6 Å². The molecule has 1 aromatic carbocycles. The Morgan fingerprint density at radius 2 is 2.36 bits per heavy atom. The number of benzene rings is 1. The minimum atomic E-state index is -0.481. The molecule has 0 saturated carbocycles. The minimum absolute atomic E-state index is 0.0547. The van der Waals surface area contributed by atoms with Gasteiger partial charge in [0.15, 0.2) is 11.6 Å². The summed E-state index contributed by atoms with van der Waals surface area (Å²) in [4.78, 5) is 22.8. The highest BCUT2D eigenvalue weighted by Gasteiger charge is 2.25. The summed E-state index contributed by atoms with van der Waals surface area (Å²) in [5, 5.41) is 0. The molecule has 3 rings (SSSR count). The van der Waals surface area contributed by atoms with Gasteiger partial charge < -0.3 is 24.3 Å². The molecule has 0 atom stereocenters. The normalized spacial score (nSPS) is 13.3. The summed E-state index contributed by atoms with van der Waals surface area (Å²) in [6, 6.07) is 3.11. The Balaban J connectivity index is 1.95. The third-order valence-electron chi connectivity index (χ3n) is 4.07. The molecule has 0 unspecified atom stereocenters. The summed E-state index contributed by atoms with van der Waals surface area (Å²) in [5.41, 5.74) is 2.03. The zero-order valence-corrected chi connectivity index (χ0v) is 14.3. The van der Waals surface area contributed by atoms with Crippen LogP contribution in [-0.2, 0) is 16.1 Å². The first-order valence-electron chi connectivity index (χ1n) is 8.11. The van der Waals surface area contributed by atoms with Crippen molar-refractivity contribution in [2.45, 2.75) is 13.5 Å². The van der Waals surface area contributed by atoms with Crippen LogP contribution >= 0.6 is 0 Å². The summed E-state index contributed by atoms with van der Waals surface area (Å²) in [6.45, 7) is 3.77. The fourth-order valence-electron chi connectivity index (χ4n) is 2.92. The lowest BCUT2D eigenvalue weighted by atomic mass is 10.1. The Bertz CT molecular complexity index is 736. The maximum atomic E-state index is 14.6. The molecular formula is C17H21FN4O3. The Morgan fingerprint density at radius 3 is 3.04 bits per heavy atom. The predicted octanol–water partition coefficient (Wildman–Crippen LogP) is 1.95. The molecule has 25 heavy (non-hydrogen) atoms. The third-order valence-corrected chi connectivity index (χ3v) is 4.07. The molecule has 7 nitrogen and oxygen atoms in total. The van der Waals surface area contributed by atoms with Crippen molar-refractivity contribution in [3.05, 3.63) is 36.2 Å². The molecular weight excluding hydrogens is 327 g/mol. The molecule has 1 N–H and O–H groups in total. The van der Waals surface area contributed by atoms with Gasteiger partial charge >= 0.3 is 0 Å². The summed E-state index contributed by atoms with van der Waals surface area (Å²) >= 11 is 0. The maximum Gasteiger partial charge on any atom is 0.252 e. The van der Waals surface area contributed by atoms with Crippen LogP contribution < -0.4 is 14.5 Å². The molecule has 1 aliphatic rings. The number of likely N-dealkylation sites (N-methyl/N-ethyl adjacent to an activating group) is 1. The third kappa shape index (κ3) is 3.58. The second-order valence-electron chi connectivity index (χ2n) is 5.69. The lowest BCUT2D eigenvalue weighted by molar-refractivity contribution is -0.122. The fourth-order valence-corrected chi connectivity index (χ4v) is 2.92. The number of amides is 1. The van der Waals surface area contributed by atoms with E-state index in [2.05, 4.69) is 9.97 Å². The number of fused-ring (bicyclic) bond motifs is 1. The molecule has 0 bridgehead atoms.